The Morgan fingerprint density at radius 2 is 1.10 bits per heavy atom. The van der Waals surface area contributed by atoms with E-state index in [4.69, 9.17) is 18.6 Å². The van der Waals surface area contributed by atoms with Crippen LogP contribution in [-0.2, 0) is 0 Å². The molecule has 0 amide bonds. The molecule has 0 spiro atoms. The predicted molar refractivity (Wildman–Crippen MR) is 66.8 cm³/mol. The quantitative estimate of drug-likeness (QED) is 0.747. The second-order valence-electron chi connectivity index (χ2n) is 4.34. The Kier molecular flexibility index (Phi) is 2.33. The van der Waals surface area contributed by atoms with Gasteiger partial charge in [-0.2, -0.15) is 0 Å². The minimum Gasteiger partial charge on any atom is -0.524 e. The molecule has 0 N–H and O–H groups in total. The Morgan fingerprint density at radius 3 is 1.50 bits per heavy atom. The summed E-state index contributed by atoms with van der Waals surface area (Å²) in [6, 6.07) is 8.67. The van der Waals surface area contributed by atoms with Crippen molar-refractivity contribution in [3.63, 3.8) is 0 Å². The molecule has 2 aromatic carbocycles. The van der Waals surface area contributed by atoms with Gasteiger partial charge in [0.05, 0.1) is 0 Å². The summed E-state index contributed by atoms with van der Waals surface area (Å²) >= 11 is 0. The lowest BCUT2D eigenvalue weighted by molar-refractivity contribution is 0.450. The molecule has 4 nitrogen and oxygen atoms in total. The van der Waals surface area contributed by atoms with Gasteiger partial charge in [0, 0.05) is 0 Å². The van der Waals surface area contributed by atoms with Crippen LogP contribution in [-0.4, -0.2) is 14.0 Å². The highest BCUT2D eigenvalue weighted by Crippen LogP contribution is 2.40. The predicted octanol–water partition coefficient (Wildman–Crippen LogP) is 2.26. The average Bonchev–Trinajstić information content (AvgIpc) is 3.03. The number of rotatable bonds is 1. The Labute approximate surface area is 113 Å². The Hall–Kier alpha value is -2.37. The van der Waals surface area contributed by atoms with Crippen molar-refractivity contribution in [1.29, 1.82) is 0 Å². The smallest absolute Gasteiger partial charge is 0.524 e. The van der Waals surface area contributed by atoms with Crippen molar-refractivity contribution in [2.45, 2.75) is 0 Å². The normalized spacial score (nSPS) is 14.9. The van der Waals surface area contributed by atoms with Crippen LogP contribution in [0.3, 0.4) is 0 Å². The summed E-state index contributed by atoms with van der Waals surface area (Å²) < 4.78 is 48.5. The van der Waals surface area contributed by atoms with Crippen LogP contribution < -0.4 is 18.6 Å². The van der Waals surface area contributed by atoms with Gasteiger partial charge in [-0.05, 0) is 24.3 Å². The molecule has 0 saturated carbocycles. The second-order valence-corrected chi connectivity index (χ2v) is 4.34. The highest BCUT2D eigenvalue weighted by Gasteiger charge is 2.56. The number of benzene rings is 2. The molecule has 0 saturated heterocycles. The second kappa shape index (κ2) is 4.06. The van der Waals surface area contributed by atoms with E-state index >= 15 is 0 Å². The van der Waals surface area contributed by atoms with Crippen LogP contribution in [0, 0.1) is 11.6 Å². The first kappa shape index (κ1) is 11.5. The zero-order chi connectivity index (χ0) is 13.7. The summed E-state index contributed by atoms with van der Waals surface area (Å²) in [6.45, 7) is 0. The van der Waals surface area contributed by atoms with E-state index in [2.05, 4.69) is 0 Å². The number of halogens is 2. The molecule has 0 unspecified atom stereocenters. The van der Waals surface area contributed by atoms with Crippen LogP contribution in [0.15, 0.2) is 36.4 Å². The fraction of sp³-hybridized carbons (Fsp3) is 0. The number of fused-ring (bicyclic) bond motifs is 2. The lowest BCUT2D eigenvalue weighted by Gasteiger charge is -2.06. The lowest BCUT2D eigenvalue weighted by Crippen LogP contribution is -2.49. The molecule has 20 heavy (non-hydrogen) atoms. The molecular formula is C12H6B2F2O4. The fourth-order valence-corrected chi connectivity index (χ4v) is 2.15. The molecule has 0 aliphatic carbocycles. The van der Waals surface area contributed by atoms with Crippen LogP contribution in [0.5, 0.6) is 23.0 Å². The monoisotopic (exact) mass is 274 g/mol. The molecular weight excluding hydrogens is 268 g/mol. The Bertz CT molecular complexity index is 638. The lowest BCUT2D eigenvalue weighted by atomic mass is 9.49. The average molecular weight is 274 g/mol. The topological polar surface area (TPSA) is 36.9 Å². The van der Waals surface area contributed by atoms with E-state index in [-0.39, 0.29) is 23.0 Å². The maximum absolute atomic E-state index is 13.5. The van der Waals surface area contributed by atoms with Crippen LogP contribution in [0.1, 0.15) is 0 Å². The number of para-hydroxylation sites is 2. The minimum absolute atomic E-state index is 0.00104. The summed E-state index contributed by atoms with van der Waals surface area (Å²) in [5.41, 5.74) is 0. The summed E-state index contributed by atoms with van der Waals surface area (Å²) in [5, 5.41) is 0. The molecule has 0 atom stereocenters. The van der Waals surface area contributed by atoms with Crippen molar-refractivity contribution in [2.75, 3.05) is 0 Å². The zero-order valence-electron chi connectivity index (χ0n) is 10.0. The summed E-state index contributed by atoms with van der Waals surface area (Å²) in [5.74, 6) is -0.544. The van der Waals surface area contributed by atoms with Gasteiger partial charge in [0.25, 0.3) is 0 Å². The van der Waals surface area contributed by atoms with Gasteiger partial charge in [0.2, 0.25) is 0 Å². The Morgan fingerprint density at radius 1 is 0.650 bits per heavy atom. The van der Waals surface area contributed by atoms with Gasteiger partial charge < -0.3 is 18.6 Å². The zero-order valence-corrected chi connectivity index (χ0v) is 10.0. The van der Waals surface area contributed by atoms with Crippen LogP contribution >= 0.6 is 0 Å². The highest BCUT2D eigenvalue weighted by atomic mass is 19.1. The van der Waals surface area contributed by atoms with E-state index in [0.29, 0.717) is 0 Å². The third kappa shape index (κ3) is 1.61. The summed E-state index contributed by atoms with van der Waals surface area (Å²) in [4.78, 5) is 0. The maximum Gasteiger partial charge on any atom is 0.658 e. The van der Waals surface area contributed by atoms with Gasteiger partial charge in [-0.3, -0.25) is 0 Å². The maximum atomic E-state index is 13.5. The molecule has 4 rings (SSSR count). The van der Waals surface area contributed by atoms with E-state index < -0.39 is 25.7 Å². The fourth-order valence-electron chi connectivity index (χ4n) is 2.15. The minimum atomic E-state index is -0.992. The molecule has 2 aliphatic rings. The van der Waals surface area contributed by atoms with E-state index in [9.17, 15) is 8.78 Å². The van der Waals surface area contributed by atoms with Crippen LogP contribution in [0.4, 0.5) is 8.78 Å². The van der Waals surface area contributed by atoms with E-state index in [1.54, 1.807) is 12.1 Å². The third-order valence-corrected chi connectivity index (χ3v) is 3.04. The van der Waals surface area contributed by atoms with Crippen LogP contribution in [0.25, 0.3) is 0 Å². The van der Waals surface area contributed by atoms with Crippen molar-refractivity contribution in [1.82, 2.24) is 0 Å². The van der Waals surface area contributed by atoms with Gasteiger partial charge in [-0.25, -0.2) is 8.78 Å². The summed E-state index contributed by atoms with van der Waals surface area (Å²) in [7, 11) is -1.98. The summed E-state index contributed by atoms with van der Waals surface area (Å²) in [6.07, 6.45) is 0. The SMILES string of the molecule is Fc1cccc2c1OB(B1Oc3cccc(F)c3O1)O2. The van der Waals surface area contributed by atoms with E-state index in [1.807, 2.05) is 0 Å². The molecule has 0 bridgehead atoms. The van der Waals surface area contributed by atoms with Gasteiger partial charge in [-0.15, -0.1) is 0 Å². The molecule has 2 aliphatic heterocycles. The molecule has 0 radical (unpaired) electrons. The number of hydrogen-bond acceptors (Lipinski definition) is 4. The third-order valence-electron chi connectivity index (χ3n) is 3.04. The van der Waals surface area contributed by atoms with Crippen molar-refractivity contribution < 1.29 is 27.4 Å². The largest absolute Gasteiger partial charge is 0.658 e. The van der Waals surface area contributed by atoms with Crippen molar-refractivity contribution in [2.24, 2.45) is 0 Å². The van der Waals surface area contributed by atoms with Gasteiger partial charge >= 0.3 is 14.0 Å². The first-order valence-electron chi connectivity index (χ1n) is 5.96. The molecule has 0 fully saturated rings. The van der Waals surface area contributed by atoms with E-state index in [1.165, 1.54) is 24.3 Å². The van der Waals surface area contributed by atoms with E-state index in [0.717, 1.165) is 0 Å². The van der Waals surface area contributed by atoms with Crippen molar-refractivity contribution >= 4 is 14.0 Å². The molecule has 2 heterocycles. The Balaban J connectivity index is 1.59. The van der Waals surface area contributed by atoms with Crippen molar-refractivity contribution in [3.8, 4) is 23.0 Å². The van der Waals surface area contributed by atoms with Gasteiger partial charge in [-0.1, -0.05) is 12.1 Å². The molecule has 2 aromatic rings. The molecule has 8 heteroatoms. The molecule has 0 aromatic heterocycles. The van der Waals surface area contributed by atoms with Crippen LogP contribution in [0.2, 0.25) is 0 Å². The molecule has 98 valence electrons. The first-order valence-corrected chi connectivity index (χ1v) is 5.96. The highest BCUT2D eigenvalue weighted by molar-refractivity contribution is 7.12. The van der Waals surface area contributed by atoms with Gasteiger partial charge in [0.15, 0.2) is 23.1 Å². The van der Waals surface area contributed by atoms with Crippen molar-refractivity contribution in [3.05, 3.63) is 48.0 Å². The standard InChI is InChI=1S/C12H6B2F2O4/c15-7-3-1-5-9-11(7)19-13(17-9)14-18-10-6-2-4-8(16)12(10)20-14/h1-6H. The number of hydrogen-bond donors (Lipinski definition) is 0. The first-order chi connectivity index (χ1) is 9.72. The van der Waals surface area contributed by atoms with Gasteiger partial charge in [0.1, 0.15) is 11.5 Å².